The molecule has 7 nitrogen and oxygen atoms in total. The van der Waals surface area contributed by atoms with Gasteiger partial charge in [-0.15, -0.1) is 0 Å². The summed E-state index contributed by atoms with van der Waals surface area (Å²) in [4.78, 5) is 23.3. The summed E-state index contributed by atoms with van der Waals surface area (Å²) in [5, 5.41) is 11.9. The second-order valence-electron chi connectivity index (χ2n) is 5.29. The first-order valence-corrected chi connectivity index (χ1v) is 7.92. The second kappa shape index (κ2) is 9.63. The maximum Gasteiger partial charge on any atom is 0.343 e. The van der Waals surface area contributed by atoms with E-state index in [1.54, 1.807) is 55.6 Å². The Morgan fingerprint density at radius 3 is 2.22 bits per heavy atom. The topological polar surface area (TPSA) is 97.7 Å². The Morgan fingerprint density at radius 2 is 1.67 bits per heavy atom. The summed E-state index contributed by atoms with van der Waals surface area (Å²) in [6, 6.07) is 15.3. The Kier molecular flexibility index (Phi) is 6.97. The first kappa shape index (κ1) is 19.5. The highest BCUT2D eigenvalue weighted by atomic mass is 16.6. The molecule has 0 unspecified atom stereocenters. The Labute approximate surface area is 156 Å². The summed E-state index contributed by atoms with van der Waals surface area (Å²) < 4.78 is 14.8. The summed E-state index contributed by atoms with van der Waals surface area (Å²) >= 11 is 0. The highest BCUT2D eigenvalue weighted by molar-refractivity contribution is 6.09. The standard InChI is InChI=1S/C20H18N2O5/c1-25-17-9-5-16(6-10-17)22-20(24)15(12-21)11-14-3-7-18(8-4-14)27-13-19(23)26-2/h3-11H,13H2,1-2H3,(H,22,24). The Bertz CT molecular complexity index is 865. The second-order valence-corrected chi connectivity index (χ2v) is 5.29. The van der Waals surface area contributed by atoms with Crippen LogP contribution < -0.4 is 14.8 Å². The quantitative estimate of drug-likeness (QED) is 0.460. The Morgan fingerprint density at radius 1 is 1.04 bits per heavy atom. The first-order chi connectivity index (χ1) is 13.0. The number of carbonyl (C=O) groups is 2. The van der Waals surface area contributed by atoms with Gasteiger partial charge in [0.2, 0.25) is 0 Å². The molecule has 0 saturated heterocycles. The Hall–Kier alpha value is -3.79. The van der Waals surface area contributed by atoms with Crippen molar-refractivity contribution in [3.05, 3.63) is 59.7 Å². The monoisotopic (exact) mass is 366 g/mol. The molecular weight excluding hydrogens is 348 g/mol. The van der Waals surface area contributed by atoms with Gasteiger partial charge in [-0.1, -0.05) is 12.1 Å². The molecule has 2 rings (SSSR count). The van der Waals surface area contributed by atoms with Crippen molar-refractivity contribution >= 4 is 23.6 Å². The van der Waals surface area contributed by atoms with Crippen molar-refractivity contribution in [2.24, 2.45) is 0 Å². The molecule has 0 aliphatic heterocycles. The first-order valence-electron chi connectivity index (χ1n) is 7.92. The number of methoxy groups -OCH3 is 2. The number of anilines is 1. The van der Waals surface area contributed by atoms with Crippen molar-refractivity contribution in [2.45, 2.75) is 0 Å². The predicted octanol–water partition coefficient (Wildman–Crippen LogP) is 2.79. The van der Waals surface area contributed by atoms with E-state index < -0.39 is 11.9 Å². The van der Waals surface area contributed by atoms with Crippen LogP contribution in [0.4, 0.5) is 5.69 Å². The number of benzene rings is 2. The van der Waals surface area contributed by atoms with E-state index in [4.69, 9.17) is 9.47 Å². The van der Waals surface area contributed by atoms with Gasteiger partial charge in [0.15, 0.2) is 6.61 Å². The zero-order valence-electron chi connectivity index (χ0n) is 14.9. The molecule has 0 fully saturated rings. The molecule has 0 radical (unpaired) electrons. The van der Waals surface area contributed by atoms with Crippen LogP contribution in [0.3, 0.4) is 0 Å². The van der Waals surface area contributed by atoms with E-state index in [1.165, 1.54) is 13.2 Å². The van der Waals surface area contributed by atoms with Gasteiger partial charge in [0, 0.05) is 5.69 Å². The van der Waals surface area contributed by atoms with Gasteiger partial charge >= 0.3 is 5.97 Å². The third-order valence-corrected chi connectivity index (χ3v) is 3.49. The molecule has 0 bridgehead atoms. The van der Waals surface area contributed by atoms with Gasteiger partial charge < -0.3 is 19.5 Å². The average molecular weight is 366 g/mol. The molecule has 2 aromatic carbocycles. The number of amides is 1. The van der Waals surface area contributed by atoms with Crippen molar-refractivity contribution in [3.8, 4) is 17.6 Å². The average Bonchev–Trinajstić information content (AvgIpc) is 2.71. The number of hydrogen-bond acceptors (Lipinski definition) is 6. The molecule has 1 amide bonds. The molecule has 0 spiro atoms. The minimum atomic E-state index is -0.520. The third kappa shape index (κ3) is 5.90. The van der Waals surface area contributed by atoms with Crippen LogP contribution in [0.1, 0.15) is 5.56 Å². The number of nitriles is 1. The lowest BCUT2D eigenvalue weighted by Crippen LogP contribution is -2.13. The minimum Gasteiger partial charge on any atom is -0.497 e. The van der Waals surface area contributed by atoms with Crippen molar-refractivity contribution in [1.29, 1.82) is 5.26 Å². The van der Waals surface area contributed by atoms with Crippen LogP contribution in [0, 0.1) is 11.3 Å². The number of esters is 1. The molecule has 0 saturated carbocycles. The smallest absolute Gasteiger partial charge is 0.343 e. The van der Waals surface area contributed by atoms with Gasteiger partial charge in [0.25, 0.3) is 5.91 Å². The van der Waals surface area contributed by atoms with Gasteiger partial charge in [0.05, 0.1) is 14.2 Å². The molecule has 0 aliphatic carbocycles. The maximum absolute atomic E-state index is 12.3. The van der Waals surface area contributed by atoms with Crippen LogP contribution in [0.2, 0.25) is 0 Å². The molecular formula is C20H18N2O5. The zero-order chi connectivity index (χ0) is 19.6. The molecule has 138 valence electrons. The van der Waals surface area contributed by atoms with E-state index in [0.29, 0.717) is 22.7 Å². The molecule has 0 heterocycles. The van der Waals surface area contributed by atoms with Crippen molar-refractivity contribution < 1.29 is 23.8 Å². The van der Waals surface area contributed by atoms with Crippen LogP contribution in [0.25, 0.3) is 6.08 Å². The number of ether oxygens (including phenoxy) is 3. The van der Waals surface area contributed by atoms with Crippen molar-refractivity contribution in [2.75, 3.05) is 26.1 Å². The number of nitrogens with zero attached hydrogens (tertiary/aromatic N) is 1. The maximum atomic E-state index is 12.3. The van der Waals surface area contributed by atoms with Gasteiger partial charge in [-0.2, -0.15) is 5.26 Å². The zero-order valence-corrected chi connectivity index (χ0v) is 14.9. The molecule has 0 aliphatic rings. The SMILES string of the molecule is COC(=O)COc1ccc(C=C(C#N)C(=O)Nc2ccc(OC)cc2)cc1. The van der Waals surface area contributed by atoms with Crippen LogP contribution in [-0.2, 0) is 14.3 Å². The number of rotatable bonds is 7. The fraction of sp³-hybridized carbons (Fsp3) is 0.150. The number of hydrogen-bond donors (Lipinski definition) is 1. The highest BCUT2D eigenvalue weighted by Crippen LogP contribution is 2.17. The summed E-state index contributed by atoms with van der Waals surface area (Å²) in [7, 11) is 2.83. The van der Waals surface area contributed by atoms with E-state index >= 15 is 0 Å². The van der Waals surface area contributed by atoms with Gasteiger partial charge in [-0.3, -0.25) is 4.79 Å². The van der Waals surface area contributed by atoms with Crippen LogP contribution >= 0.6 is 0 Å². The van der Waals surface area contributed by atoms with Crippen LogP contribution in [-0.4, -0.2) is 32.7 Å². The van der Waals surface area contributed by atoms with Gasteiger partial charge in [0.1, 0.15) is 23.1 Å². The van der Waals surface area contributed by atoms with Gasteiger partial charge in [-0.25, -0.2) is 4.79 Å². The molecule has 7 heteroatoms. The van der Waals surface area contributed by atoms with E-state index in [1.807, 2.05) is 6.07 Å². The minimum absolute atomic E-state index is 0.0472. The van der Waals surface area contributed by atoms with E-state index in [2.05, 4.69) is 10.1 Å². The van der Waals surface area contributed by atoms with E-state index in [9.17, 15) is 14.9 Å². The lowest BCUT2D eigenvalue weighted by atomic mass is 10.1. The number of carbonyl (C=O) groups excluding carboxylic acids is 2. The third-order valence-electron chi connectivity index (χ3n) is 3.49. The molecule has 0 aromatic heterocycles. The lowest BCUT2D eigenvalue weighted by molar-refractivity contribution is -0.142. The normalized spacial score (nSPS) is 10.5. The van der Waals surface area contributed by atoms with Crippen molar-refractivity contribution in [1.82, 2.24) is 0 Å². The Balaban J connectivity index is 2.04. The van der Waals surface area contributed by atoms with Crippen LogP contribution in [0.5, 0.6) is 11.5 Å². The summed E-state index contributed by atoms with van der Waals surface area (Å²) in [6.45, 7) is -0.195. The van der Waals surface area contributed by atoms with E-state index in [-0.39, 0.29) is 12.2 Å². The molecule has 0 atom stereocenters. The summed E-state index contributed by atoms with van der Waals surface area (Å²) in [6.07, 6.45) is 1.46. The van der Waals surface area contributed by atoms with E-state index in [0.717, 1.165) is 0 Å². The fourth-order valence-corrected chi connectivity index (χ4v) is 2.05. The van der Waals surface area contributed by atoms with Gasteiger partial charge in [-0.05, 0) is 48.0 Å². The van der Waals surface area contributed by atoms with Crippen molar-refractivity contribution in [3.63, 3.8) is 0 Å². The fourth-order valence-electron chi connectivity index (χ4n) is 2.05. The predicted molar refractivity (Wildman–Crippen MR) is 99.2 cm³/mol. The lowest BCUT2D eigenvalue weighted by Gasteiger charge is -2.06. The molecule has 27 heavy (non-hydrogen) atoms. The number of nitrogens with one attached hydrogen (secondary N) is 1. The highest BCUT2D eigenvalue weighted by Gasteiger charge is 2.10. The summed E-state index contributed by atoms with van der Waals surface area (Å²) in [5.74, 6) is 0.131. The molecule has 2 aromatic rings. The summed E-state index contributed by atoms with van der Waals surface area (Å²) in [5.41, 5.74) is 1.14. The molecule has 1 N–H and O–H groups in total. The largest absolute Gasteiger partial charge is 0.497 e. The van der Waals surface area contributed by atoms with Crippen LogP contribution in [0.15, 0.2) is 54.1 Å².